The smallest absolute Gasteiger partial charge is 0.0578 e. The van der Waals surface area contributed by atoms with Crippen LogP contribution < -0.4 is 0 Å². The Morgan fingerprint density at radius 3 is 2.57 bits per heavy atom. The zero-order chi connectivity index (χ0) is 4.85. The van der Waals surface area contributed by atoms with E-state index in [1.807, 2.05) is 0 Å². The van der Waals surface area contributed by atoms with Gasteiger partial charge in [-0.05, 0) is 25.2 Å². The molecule has 7 heavy (non-hydrogen) atoms. The largest absolute Gasteiger partial charge is 0.378 e. The molecule has 1 aliphatic heterocycles. The van der Waals surface area contributed by atoms with Crippen molar-refractivity contribution in [2.45, 2.75) is 19.4 Å². The topological polar surface area (TPSA) is 9.23 Å². The van der Waals surface area contributed by atoms with Crippen LogP contribution in [0.25, 0.3) is 0 Å². The second kappa shape index (κ2) is 1.03. The number of rotatable bonds is 0. The number of fused-ring (bicyclic) bond motifs is 1. The summed E-state index contributed by atoms with van der Waals surface area (Å²) in [6.45, 7) is 3.23. The first-order chi connectivity index (χ1) is 3.38. The molecule has 3 unspecified atom stereocenters. The molecule has 1 heteroatoms. The molecule has 1 nitrogen and oxygen atoms in total. The standard InChI is InChI=1S/C6H10O/c1-4-6-2-5(6)3-7-4/h4-6H,2-3H2,1H3. The lowest BCUT2D eigenvalue weighted by Crippen LogP contribution is -2.02. The van der Waals surface area contributed by atoms with Crippen molar-refractivity contribution >= 4 is 0 Å². The highest BCUT2D eigenvalue weighted by atomic mass is 16.5. The van der Waals surface area contributed by atoms with Crippen LogP contribution in [0.2, 0.25) is 0 Å². The first-order valence-corrected chi connectivity index (χ1v) is 2.99. The minimum absolute atomic E-state index is 0.588. The molecule has 0 aromatic rings. The summed E-state index contributed by atoms with van der Waals surface area (Å²) in [6, 6.07) is 0. The second-order valence-corrected chi connectivity index (χ2v) is 2.70. The van der Waals surface area contributed by atoms with Crippen molar-refractivity contribution in [2.24, 2.45) is 11.8 Å². The van der Waals surface area contributed by atoms with E-state index in [2.05, 4.69) is 6.92 Å². The van der Waals surface area contributed by atoms with E-state index in [0.717, 1.165) is 18.4 Å². The van der Waals surface area contributed by atoms with E-state index < -0.39 is 0 Å². The van der Waals surface area contributed by atoms with Crippen molar-refractivity contribution in [2.75, 3.05) is 6.61 Å². The minimum atomic E-state index is 0.588. The molecule has 3 atom stereocenters. The summed E-state index contributed by atoms with van der Waals surface area (Å²) in [4.78, 5) is 0. The van der Waals surface area contributed by atoms with Gasteiger partial charge in [-0.25, -0.2) is 0 Å². The average molecular weight is 98.1 g/mol. The fraction of sp³-hybridized carbons (Fsp3) is 1.00. The van der Waals surface area contributed by atoms with Crippen LogP contribution in [0.5, 0.6) is 0 Å². The molecule has 1 saturated heterocycles. The summed E-state index contributed by atoms with van der Waals surface area (Å²) in [5.74, 6) is 1.93. The van der Waals surface area contributed by atoms with Crippen molar-refractivity contribution in [1.29, 1.82) is 0 Å². The van der Waals surface area contributed by atoms with E-state index >= 15 is 0 Å². The van der Waals surface area contributed by atoms with Gasteiger partial charge in [0, 0.05) is 0 Å². The van der Waals surface area contributed by atoms with Gasteiger partial charge in [-0.15, -0.1) is 0 Å². The molecule has 1 saturated carbocycles. The second-order valence-electron chi connectivity index (χ2n) is 2.70. The van der Waals surface area contributed by atoms with Crippen molar-refractivity contribution in [1.82, 2.24) is 0 Å². The molecule has 0 radical (unpaired) electrons. The Labute approximate surface area is 43.7 Å². The van der Waals surface area contributed by atoms with Gasteiger partial charge in [0.15, 0.2) is 0 Å². The maximum absolute atomic E-state index is 5.31. The van der Waals surface area contributed by atoms with Gasteiger partial charge in [0.1, 0.15) is 0 Å². The molecule has 0 spiro atoms. The van der Waals surface area contributed by atoms with Crippen LogP contribution in [0.1, 0.15) is 13.3 Å². The molecule has 1 aliphatic carbocycles. The van der Waals surface area contributed by atoms with Crippen molar-refractivity contribution in [3.05, 3.63) is 0 Å². The first kappa shape index (κ1) is 3.90. The first-order valence-electron chi connectivity index (χ1n) is 2.99. The third-order valence-electron chi connectivity index (χ3n) is 2.15. The summed E-state index contributed by atoms with van der Waals surface area (Å²) < 4.78 is 5.31. The SMILES string of the molecule is CC1OCC2CC21. The lowest BCUT2D eigenvalue weighted by Gasteiger charge is -2.01. The molecule has 40 valence electrons. The number of hydrogen-bond donors (Lipinski definition) is 0. The van der Waals surface area contributed by atoms with E-state index in [0.29, 0.717) is 6.10 Å². The summed E-state index contributed by atoms with van der Waals surface area (Å²) in [5.41, 5.74) is 0. The Morgan fingerprint density at radius 2 is 2.43 bits per heavy atom. The zero-order valence-electron chi connectivity index (χ0n) is 4.55. The normalized spacial score (nSPS) is 57.0. The highest BCUT2D eigenvalue weighted by Gasteiger charge is 2.46. The molecule has 0 aromatic heterocycles. The summed E-state index contributed by atoms with van der Waals surface area (Å²) in [7, 11) is 0. The van der Waals surface area contributed by atoms with Crippen LogP contribution >= 0.6 is 0 Å². The Kier molecular flexibility index (Phi) is 0.571. The van der Waals surface area contributed by atoms with Crippen LogP contribution in [-0.4, -0.2) is 12.7 Å². The molecule has 2 fully saturated rings. The Balaban J connectivity index is 2.08. The Hall–Kier alpha value is -0.0400. The lowest BCUT2D eigenvalue weighted by molar-refractivity contribution is 0.0934. The summed E-state index contributed by atoms with van der Waals surface area (Å²) in [6.07, 6.45) is 2.03. The predicted octanol–water partition coefficient (Wildman–Crippen LogP) is 1.04. The zero-order valence-corrected chi connectivity index (χ0v) is 4.55. The maximum atomic E-state index is 5.31. The van der Waals surface area contributed by atoms with E-state index in [1.54, 1.807) is 0 Å². The van der Waals surface area contributed by atoms with Crippen LogP contribution in [-0.2, 0) is 4.74 Å². The predicted molar refractivity (Wildman–Crippen MR) is 27.0 cm³/mol. The molecule has 0 amide bonds. The third kappa shape index (κ3) is 0.418. The molecule has 0 bridgehead atoms. The fourth-order valence-corrected chi connectivity index (χ4v) is 1.44. The van der Waals surface area contributed by atoms with E-state index in [9.17, 15) is 0 Å². The van der Waals surface area contributed by atoms with E-state index in [1.165, 1.54) is 6.42 Å². The Morgan fingerprint density at radius 1 is 1.57 bits per heavy atom. The molecule has 2 rings (SSSR count). The third-order valence-corrected chi connectivity index (χ3v) is 2.15. The highest BCUT2D eigenvalue weighted by molar-refractivity contribution is 4.94. The van der Waals surface area contributed by atoms with Gasteiger partial charge in [0.05, 0.1) is 12.7 Å². The van der Waals surface area contributed by atoms with Gasteiger partial charge in [-0.2, -0.15) is 0 Å². The van der Waals surface area contributed by atoms with Crippen molar-refractivity contribution in [3.8, 4) is 0 Å². The Bertz CT molecular complexity index is 90.2. The average Bonchev–Trinajstić information content (AvgIpc) is 2.33. The van der Waals surface area contributed by atoms with Crippen LogP contribution in [0.4, 0.5) is 0 Å². The molecule has 0 aromatic carbocycles. The fourth-order valence-electron chi connectivity index (χ4n) is 1.44. The maximum Gasteiger partial charge on any atom is 0.0578 e. The van der Waals surface area contributed by atoms with Gasteiger partial charge < -0.3 is 4.74 Å². The van der Waals surface area contributed by atoms with Gasteiger partial charge >= 0.3 is 0 Å². The molecular formula is C6H10O. The van der Waals surface area contributed by atoms with Crippen molar-refractivity contribution < 1.29 is 4.74 Å². The van der Waals surface area contributed by atoms with Gasteiger partial charge in [-0.1, -0.05) is 0 Å². The van der Waals surface area contributed by atoms with Crippen LogP contribution in [0.15, 0.2) is 0 Å². The van der Waals surface area contributed by atoms with Crippen LogP contribution in [0, 0.1) is 11.8 Å². The van der Waals surface area contributed by atoms with E-state index in [4.69, 9.17) is 4.74 Å². The quantitative estimate of drug-likeness (QED) is 0.440. The van der Waals surface area contributed by atoms with Gasteiger partial charge in [0.25, 0.3) is 0 Å². The monoisotopic (exact) mass is 98.1 g/mol. The molecular weight excluding hydrogens is 88.1 g/mol. The summed E-state index contributed by atoms with van der Waals surface area (Å²) in [5, 5.41) is 0. The van der Waals surface area contributed by atoms with Crippen molar-refractivity contribution in [3.63, 3.8) is 0 Å². The van der Waals surface area contributed by atoms with E-state index in [-0.39, 0.29) is 0 Å². The summed E-state index contributed by atoms with van der Waals surface area (Å²) >= 11 is 0. The van der Waals surface area contributed by atoms with Gasteiger partial charge in [-0.3, -0.25) is 0 Å². The minimum Gasteiger partial charge on any atom is -0.378 e. The number of ether oxygens (including phenoxy) is 1. The molecule has 2 aliphatic rings. The van der Waals surface area contributed by atoms with Crippen LogP contribution in [0.3, 0.4) is 0 Å². The highest BCUT2D eigenvalue weighted by Crippen LogP contribution is 2.47. The lowest BCUT2D eigenvalue weighted by atomic mass is 10.3. The molecule has 1 heterocycles. The van der Waals surface area contributed by atoms with Gasteiger partial charge in [0.2, 0.25) is 0 Å². The molecule has 0 N–H and O–H groups in total. The number of hydrogen-bond acceptors (Lipinski definition) is 1.